The van der Waals surface area contributed by atoms with Gasteiger partial charge in [0.15, 0.2) is 0 Å². The van der Waals surface area contributed by atoms with Crippen LogP contribution in [0, 0.1) is 22.7 Å². The predicted octanol–water partition coefficient (Wildman–Crippen LogP) is 6.22. The first-order chi connectivity index (χ1) is 13.3. The molecule has 0 bridgehead atoms. The molecule has 27 heavy (non-hydrogen) atoms. The van der Waals surface area contributed by atoms with Crippen LogP contribution in [-0.4, -0.2) is 0 Å². The minimum absolute atomic E-state index is 0.0882. The zero-order valence-corrected chi connectivity index (χ0v) is 14.4. The number of ether oxygens (including phenoxy) is 1. The van der Waals surface area contributed by atoms with Crippen molar-refractivity contribution in [3.05, 3.63) is 90.0 Å². The standard InChI is InChI=1S/C24H14N2O/c25-15-18(16-26)12-17-8-9-21-14-22(11-10-20(21)13-17)27-24-7-3-5-19-4-1-2-6-23(19)24/h1-14H. The van der Waals surface area contributed by atoms with Crippen LogP contribution in [0.25, 0.3) is 27.6 Å². The zero-order valence-electron chi connectivity index (χ0n) is 14.4. The molecule has 4 aromatic carbocycles. The molecule has 0 spiro atoms. The van der Waals surface area contributed by atoms with Crippen molar-refractivity contribution in [1.29, 1.82) is 10.5 Å². The van der Waals surface area contributed by atoms with E-state index in [2.05, 4.69) is 12.1 Å². The van der Waals surface area contributed by atoms with E-state index in [9.17, 15) is 0 Å². The topological polar surface area (TPSA) is 56.8 Å². The van der Waals surface area contributed by atoms with Gasteiger partial charge in [0.05, 0.1) is 0 Å². The molecule has 0 saturated heterocycles. The summed E-state index contributed by atoms with van der Waals surface area (Å²) < 4.78 is 6.13. The van der Waals surface area contributed by atoms with Gasteiger partial charge in [-0.2, -0.15) is 10.5 Å². The molecule has 0 saturated carbocycles. The number of fused-ring (bicyclic) bond motifs is 2. The number of benzene rings is 4. The van der Waals surface area contributed by atoms with Crippen molar-refractivity contribution in [1.82, 2.24) is 0 Å². The summed E-state index contributed by atoms with van der Waals surface area (Å²) >= 11 is 0. The first-order valence-corrected chi connectivity index (χ1v) is 8.48. The maximum absolute atomic E-state index is 8.90. The van der Waals surface area contributed by atoms with Gasteiger partial charge in [0.1, 0.15) is 29.2 Å². The molecule has 0 unspecified atom stereocenters. The van der Waals surface area contributed by atoms with E-state index in [0.717, 1.165) is 38.6 Å². The van der Waals surface area contributed by atoms with E-state index in [1.807, 2.05) is 78.9 Å². The highest BCUT2D eigenvalue weighted by molar-refractivity contribution is 5.89. The van der Waals surface area contributed by atoms with Gasteiger partial charge < -0.3 is 4.74 Å². The van der Waals surface area contributed by atoms with E-state index in [1.165, 1.54) is 0 Å². The number of nitriles is 2. The van der Waals surface area contributed by atoms with Crippen LogP contribution in [0.1, 0.15) is 5.56 Å². The molecule has 0 heterocycles. The van der Waals surface area contributed by atoms with Gasteiger partial charge >= 0.3 is 0 Å². The van der Waals surface area contributed by atoms with Crippen LogP contribution in [-0.2, 0) is 0 Å². The van der Waals surface area contributed by atoms with Crippen molar-refractivity contribution in [2.45, 2.75) is 0 Å². The van der Waals surface area contributed by atoms with Crippen molar-refractivity contribution in [2.75, 3.05) is 0 Å². The Morgan fingerprint density at radius 1 is 0.741 bits per heavy atom. The van der Waals surface area contributed by atoms with Crippen molar-refractivity contribution in [3.63, 3.8) is 0 Å². The molecule has 0 atom stereocenters. The summed E-state index contributed by atoms with van der Waals surface area (Å²) in [6.07, 6.45) is 1.58. The van der Waals surface area contributed by atoms with Gasteiger partial charge in [-0.05, 0) is 52.1 Å². The van der Waals surface area contributed by atoms with Crippen LogP contribution in [0.4, 0.5) is 0 Å². The van der Waals surface area contributed by atoms with Crippen molar-refractivity contribution in [3.8, 4) is 23.6 Å². The fourth-order valence-corrected chi connectivity index (χ4v) is 3.06. The summed E-state index contributed by atoms with van der Waals surface area (Å²) in [6, 6.07) is 29.6. The Labute approximate surface area is 157 Å². The summed E-state index contributed by atoms with van der Waals surface area (Å²) in [5.41, 5.74) is 0.911. The third-order valence-electron chi connectivity index (χ3n) is 4.37. The lowest BCUT2D eigenvalue weighted by atomic mass is 10.1. The van der Waals surface area contributed by atoms with Crippen molar-refractivity contribution in [2.24, 2.45) is 0 Å². The molecule has 0 aliphatic heterocycles. The normalized spacial score (nSPS) is 10.1. The molecular formula is C24H14N2O. The summed E-state index contributed by atoms with van der Waals surface area (Å²) in [6.45, 7) is 0. The molecule has 0 aromatic heterocycles. The Balaban J connectivity index is 1.69. The van der Waals surface area contributed by atoms with E-state index in [0.29, 0.717) is 0 Å². The number of hydrogen-bond acceptors (Lipinski definition) is 3. The Bertz CT molecular complexity index is 1250. The Morgan fingerprint density at radius 3 is 2.33 bits per heavy atom. The van der Waals surface area contributed by atoms with Gasteiger partial charge in [-0.25, -0.2) is 0 Å². The molecule has 4 aromatic rings. The molecule has 126 valence electrons. The average Bonchev–Trinajstić information content (AvgIpc) is 2.72. The van der Waals surface area contributed by atoms with E-state index in [-0.39, 0.29) is 5.57 Å². The molecule has 0 amide bonds. The van der Waals surface area contributed by atoms with Gasteiger partial charge in [0.25, 0.3) is 0 Å². The SMILES string of the molecule is N#CC(C#N)=Cc1ccc2cc(Oc3cccc4ccccc34)ccc2c1. The monoisotopic (exact) mass is 346 g/mol. The molecule has 0 aliphatic rings. The van der Waals surface area contributed by atoms with Gasteiger partial charge in [-0.15, -0.1) is 0 Å². The molecule has 0 N–H and O–H groups in total. The van der Waals surface area contributed by atoms with Crippen LogP contribution in [0.3, 0.4) is 0 Å². The minimum Gasteiger partial charge on any atom is -0.457 e. The highest BCUT2D eigenvalue weighted by atomic mass is 16.5. The highest BCUT2D eigenvalue weighted by Gasteiger charge is 2.04. The van der Waals surface area contributed by atoms with E-state index >= 15 is 0 Å². The summed E-state index contributed by atoms with van der Waals surface area (Å²) in [4.78, 5) is 0. The lowest BCUT2D eigenvalue weighted by Gasteiger charge is -2.10. The lowest BCUT2D eigenvalue weighted by Crippen LogP contribution is -1.86. The van der Waals surface area contributed by atoms with Crippen LogP contribution >= 0.6 is 0 Å². The molecule has 0 aliphatic carbocycles. The van der Waals surface area contributed by atoms with Crippen molar-refractivity contribution >= 4 is 27.6 Å². The Hall–Kier alpha value is -4.08. The highest BCUT2D eigenvalue weighted by Crippen LogP contribution is 2.31. The number of rotatable bonds is 3. The average molecular weight is 346 g/mol. The molecule has 3 heteroatoms. The molecule has 3 nitrogen and oxygen atoms in total. The Morgan fingerprint density at radius 2 is 1.48 bits per heavy atom. The molecule has 4 rings (SSSR count). The van der Waals surface area contributed by atoms with Crippen LogP contribution in [0.15, 0.2) is 84.4 Å². The summed E-state index contributed by atoms with van der Waals surface area (Å²) in [7, 11) is 0. The second kappa shape index (κ2) is 7.04. The van der Waals surface area contributed by atoms with Gasteiger partial charge in [0, 0.05) is 5.39 Å². The van der Waals surface area contributed by atoms with E-state index in [4.69, 9.17) is 15.3 Å². The minimum atomic E-state index is 0.0882. The quantitative estimate of drug-likeness (QED) is 0.414. The number of hydrogen-bond donors (Lipinski definition) is 0. The maximum Gasteiger partial charge on any atom is 0.135 e. The first kappa shape index (κ1) is 16.4. The van der Waals surface area contributed by atoms with Crippen LogP contribution < -0.4 is 4.74 Å². The van der Waals surface area contributed by atoms with E-state index < -0.39 is 0 Å². The smallest absolute Gasteiger partial charge is 0.135 e. The third-order valence-corrected chi connectivity index (χ3v) is 4.37. The van der Waals surface area contributed by atoms with Crippen molar-refractivity contribution < 1.29 is 4.74 Å². The molecule has 0 radical (unpaired) electrons. The second-order valence-corrected chi connectivity index (χ2v) is 6.13. The lowest BCUT2D eigenvalue weighted by molar-refractivity contribution is 0.489. The summed E-state index contributed by atoms with van der Waals surface area (Å²) in [5, 5.41) is 22.0. The molecule has 0 fully saturated rings. The fraction of sp³-hybridized carbons (Fsp3) is 0. The molecular weight excluding hydrogens is 332 g/mol. The zero-order chi connectivity index (χ0) is 18.6. The van der Waals surface area contributed by atoms with Gasteiger partial charge in [0.2, 0.25) is 0 Å². The number of allylic oxidation sites excluding steroid dienone is 1. The second-order valence-electron chi connectivity index (χ2n) is 6.13. The number of nitrogens with zero attached hydrogens (tertiary/aromatic N) is 2. The van der Waals surface area contributed by atoms with Crippen LogP contribution in [0.5, 0.6) is 11.5 Å². The van der Waals surface area contributed by atoms with E-state index in [1.54, 1.807) is 6.08 Å². The predicted molar refractivity (Wildman–Crippen MR) is 107 cm³/mol. The fourth-order valence-electron chi connectivity index (χ4n) is 3.06. The van der Waals surface area contributed by atoms with Gasteiger partial charge in [-0.1, -0.05) is 54.6 Å². The van der Waals surface area contributed by atoms with Gasteiger partial charge in [-0.3, -0.25) is 0 Å². The Kier molecular flexibility index (Phi) is 4.27. The maximum atomic E-state index is 8.90. The first-order valence-electron chi connectivity index (χ1n) is 8.48. The summed E-state index contributed by atoms with van der Waals surface area (Å²) in [5.74, 6) is 1.58. The largest absolute Gasteiger partial charge is 0.457 e. The third kappa shape index (κ3) is 3.35. The van der Waals surface area contributed by atoms with Crippen LogP contribution in [0.2, 0.25) is 0 Å².